The van der Waals surface area contributed by atoms with E-state index in [1.54, 1.807) is 12.4 Å². The van der Waals surface area contributed by atoms with Gasteiger partial charge in [-0.1, -0.05) is 29.8 Å². The van der Waals surface area contributed by atoms with E-state index < -0.39 is 0 Å². The second-order valence-corrected chi connectivity index (χ2v) is 6.83. The lowest BCUT2D eigenvalue weighted by Gasteiger charge is -2.32. The minimum Gasteiger partial charge on any atom is -0.338 e. The van der Waals surface area contributed by atoms with Gasteiger partial charge >= 0.3 is 0 Å². The molecule has 1 aromatic carbocycles. The van der Waals surface area contributed by atoms with Crippen molar-refractivity contribution in [3.8, 4) is 22.5 Å². The van der Waals surface area contributed by atoms with Crippen LogP contribution in [0.5, 0.6) is 0 Å². The van der Waals surface area contributed by atoms with Crippen LogP contribution in [0.15, 0.2) is 54.9 Å². The van der Waals surface area contributed by atoms with E-state index in [1.165, 1.54) is 5.56 Å². The van der Waals surface area contributed by atoms with E-state index in [9.17, 15) is 0 Å². The highest BCUT2D eigenvalue weighted by molar-refractivity contribution is 5.69. The molecular formula is C21H23N5. The van der Waals surface area contributed by atoms with Crippen LogP contribution in [0.1, 0.15) is 5.56 Å². The van der Waals surface area contributed by atoms with E-state index in [0.29, 0.717) is 0 Å². The minimum absolute atomic E-state index is 0.808. The summed E-state index contributed by atoms with van der Waals surface area (Å²) in [5.74, 6) is 0.808. The fourth-order valence-corrected chi connectivity index (χ4v) is 3.13. The lowest BCUT2D eigenvalue weighted by molar-refractivity contribution is 0.311. The number of piperazine rings is 1. The number of hydrogen-bond donors (Lipinski definition) is 0. The van der Waals surface area contributed by atoms with Crippen molar-refractivity contribution in [2.24, 2.45) is 0 Å². The number of benzene rings is 1. The summed E-state index contributed by atoms with van der Waals surface area (Å²) in [6.45, 7) is 6.06. The van der Waals surface area contributed by atoms with Crippen molar-refractivity contribution in [3.05, 3.63) is 60.4 Å². The van der Waals surface area contributed by atoms with E-state index in [2.05, 4.69) is 59.1 Å². The zero-order valence-electron chi connectivity index (χ0n) is 15.3. The van der Waals surface area contributed by atoms with Crippen LogP contribution >= 0.6 is 0 Å². The number of aromatic nitrogens is 3. The lowest BCUT2D eigenvalue weighted by Crippen LogP contribution is -2.45. The Morgan fingerprint density at radius 3 is 1.96 bits per heavy atom. The molecule has 0 aliphatic carbocycles. The molecule has 5 heteroatoms. The third-order valence-electron chi connectivity index (χ3n) is 4.82. The van der Waals surface area contributed by atoms with Gasteiger partial charge in [-0.3, -0.25) is 4.98 Å². The van der Waals surface area contributed by atoms with Crippen molar-refractivity contribution in [3.63, 3.8) is 0 Å². The van der Waals surface area contributed by atoms with E-state index in [-0.39, 0.29) is 0 Å². The molecule has 4 rings (SSSR count). The average Bonchev–Trinajstić information content (AvgIpc) is 2.69. The van der Waals surface area contributed by atoms with Crippen molar-refractivity contribution in [2.45, 2.75) is 6.92 Å². The Kier molecular flexibility index (Phi) is 4.63. The SMILES string of the molecule is Cc1ccc(-c2cc(-c3ccncc3)nc(N3CCN(C)CC3)n2)cc1. The maximum absolute atomic E-state index is 4.89. The summed E-state index contributed by atoms with van der Waals surface area (Å²) < 4.78 is 0. The maximum atomic E-state index is 4.89. The topological polar surface area (TPSA) is 45.2 Å². The van der Waals surface area contributed by atoms with Crippen LogP contribution in [0.4, 0.5) is 5.95 Å². The number of anilines is 1. The fraction of sp³-hybridized carbons (Fsp3) is 0.286. The van der Waals surface area contributed by atoms with Gasteiger partial charge in [0, 0.05) is 49.7 Å². The van der Waals surface area contributed by atoms with E-state index in [1.807, 2.05) is 12.1 Å². The molecule has 0 unspecified atom stereocenters. The average molecular weight is 345 g/mol. The number of rotatable bonds is 3. The number of aryl methyl sites for hydroxylation is 1. The zero-order valence-corrected chi connectivity index (χ0v) is 15.3. The summed E-state index contributed by atoms with van der Waals surface area (Å²) in [7, 11) is 2.16. The van der Waals surface area contributed by atoms with Gasteiger partial charge in [0.2, 0.25) is 5.95 Å². The molecule has 0 radical (unpaired) electrons. The molecule has 0 N–H and O–H groups in total. The summed E-state index contributed by atoms with van der Waals surface area (Å²) >= 11 is 0. The maximum Gasteiger partial charge on any atom is 0.226 e. The normalized spacial score (nSPS) is 15.2. The van der Waals surface area contributed by atoms with Gasteiger partial charge in [0.25, 0.3) is 0 Å². The van der Waals surface area contributed by atoms with Gasteiger partial charge in [0.15, 0.2) is 0 Å². The van der Waals surface area contributed by atoms with Gasteiger partial charge in [0.1, 0.15) is 0 Å². The van der Waals surface area contributed by atoms with Crippen LogP contribution in [0.2, 0.25) is 0 Å². The summed E-state index contributed by atoms with van der Waals surface area (Å²) in [6.07, 6.45) is 3.61. The van der Waals surface area contributed by atoms with Crippen LogP contribution in [0, 0.1) is 6.92 Å². The Bertz CT molecular complexity index is 869. The Morgan fingerprint density at radius 2 is 1.35 bits per heavy atom. The van der Waals surface area contributed by atoms with E-state index in [0.717, 1.165) is 54.6 Å². The van der Waals surface area contributed by atoms with Crippen LogP contribution in [0.25, 0.3) is 22.5 Å². The van der Waals surface area contributed by atoms with Crippen LogP contribution in [0.3, 0.4) is 0 Å². The molecule has 3 aromatic rings. The standard InChI is InChI=1S/C21H23N5/c1-16-3-5-17(6-4-16)19-15-20(18-7-9-22-10-8-18)24-21(23-19)26-13-11-25(2)12-14-26/h3-10,15H,11-14H2,1-2H3. The lowest BCUT2D eigenvalue weighted by atomic mass is 10.1. The van der Waals surface area contributed by atoms with E-state index >= 15 is 0 Å². The molecular weight excluding hydrogens is 322 g/mol. The zero-order chi connectivity index (χ0) is 17.9. The summed E-state index contributed by atoms with van der Waals surface area (Å²) in [4.78, 5) is 18.5. The molecule has 1 aliphatic rings. The second-order valence-electron chi connectivity index (χ2n) is 6.83. The smallest absolute Gasteiger partial charge is 0.226 e. The first-order chi connectivity index (χ1) is 12.7. The summed E-state index contributed by atoms with van der Waals surface area (Å²) in [5, 5.41) is 0. The van der Waals surface area contributed by atoms with Gasteiger partial charge in [-0.15, -0.1) is 0 Å². The van der Waals surface area contributed by atoms with Gasteiger partial charge in [-0.25, -0.2) is 9.97 Å². The minimum atomic E-state index is 0.808. The molecule has 0 saturated carbocycles. The van der Waals surface area contributed by atoms with Crippen LogP contribution in [-0.4, -0.2) is 53.1 Å². The molecule has 26 heavy (non-hydrogen) atoms. The van der Waals surface area contributed by atoms with Crippen molar-refractivity contribution in [1.29, 1.82) is 0 Å². The number of likely N-dealkylation sites (N-methyl/N-ethyl adjacent to an activating group) is 1. The molecule has 0 amide bonds. The van der Waals surface area contributed by atoms with Gasteiger partial charge in [-0.2, -0.15) is 0 Å². The Labute approximate surface area is 154 Å². The summed E-state index contributed by atoms with van der Waals surface area (Å²) in [6, 6.07) is 14.6. The molecule has 0 atom stereocenters. The number of nitrogens with zero attached hydrogens (tertiary/aromatic N) is 5. The Hall–Kier alpha value is -2.79. The molecule has 1 saturated heterocycles. The highest BCUT2D eigenvalue weighted by Gasteiger charge is 2.18. The monoisotopic (exact) mass is 345 g/mol. The molecule has 0 spiro atoms. The largest absolute Gasteiger partial charge is 0.338 e. The first kappa shape index (κ1) is 16.7. The molecule has 3 heterocycles. The molecule has 5 nitrogen and oxygen atoms in total. The van der Waals surface area contributed by atoms with E-state index in [4.69, 9.17) is 9.97 Å². The fourth-order valence-electron chi connectivity index (χ4n) is 3.13. The Morgan fingerprint density at radius 1 is 0.769 bits per heavy atom. The Balaban J connectivity index is 1.78. The van der Waals surface area contributed by atoms with Crippen molar-refractivity contribution >= 4 is 5.95 Å². The quantitative estimate of drug-likeness (QED) is 0.729. The number of pyridine rings is 1. The molecule has 1 aliphatic heterocycles. The van der Waals surface area contributed by atoms with Crippen LogP contribution in [-0.2, 0) is 0 Å². The van der Waals surface area contributed by atoms with Gasteiger partial charge in [0.05, 0.1) is 11.4 Å². The predicted molar refractivity (Wildman–Crippen MR) is 105 cm³/mol. The van der Waals surface area contributed by atoms with Gasteiger partial charge < -0.3 is 9.80 Å². The second kappa shape index (κ2) is 7.22. The van der Waals surface area contributed by atoms with Crippen molar-refractivity contribution in [1.82, 2.24) is 19.9 Å². The van der Waals surface area contributed by atoms with Crippen molar-refractivity contribution < 1.29 is 0 Å². The number of hydrogen-bond acceptors (Lipinski definition) is 5. The highest BCUT2D eigenvalue weighted by atomic mass is 15.3. The van der Waals surface area contributed by atoms with Crippen molar-refractivity contribution in [2.75, 3.05) is 38.1 Å². The first-order valence-corrected chi connectivity index (χ1v) is 8.99. The summed E-state index contributed by atoms with van der Waals surface area (Å²) in [5.41, 5.74) is 5.32. The third kappa shape index (κ3) is 3.58. The molecule has 132 valence electrons. The predicted octanol–water partition coefficient (Wildman–Crippen LogP) is 3.27. The molecule has 0 bridgehead atoms. The third-order valence-corrected chi connectivity index (χ3v) is 4.82. The first-order valence-electron chi connectivity index (χ1n) is 8.99. The highest BCUT2D eigenvalue weighted by Crippen LogP contribution is 2.26. The molecule has 2 aromatic heterocycles. The molecule has 1 fully saturated rings. The van der Waals surface area contributed by atoms with Gasteiger partial charge in [-0.05, 0) is 32.2 Å². The van der Waals surface area contributed by atoms with Crippen LogP contribution < -0.4 is 4.90 Å².